The molecule has 3 N–H and O–H groups in total. The highest BCUT2D eigenvalue weighted by molar-refractivity contribution is 7.22. The number of fused-ring (bicyclic) bond motifs is 1. The number of nitrogen functional groups attached to an aromatic ring is 1. The van der Waals surface area contributed by atoms with Crippen molar-refractivity contribution in [1.82, 2.24) is 15.3 Å². The number of nitrogens with two attached hydrogens (primary N) is 1. The van der Waals surface area contributed by atoms with Crippen molar-refractivity contribution in [2.24, 2.45) is 0 Å². The molecule has 0 unspecified atom stereocenters. The van der Waals surface area contributed by atoms with E-state index < -0.39 is 11.6 Å². The van der Waals surface area contributed by atoms with E-state index in [4.69, 9.17) is 15.2 Å². The van der Waals surface area contributed by atoms with Gasteiger partial charge in [0.2, 0.25) is 5.82 Å². The van der Waals surface area contributed by atoms with Gasteiger partial charge in [0.05, 0.1) is 33.1 Å². The number of hydrogen-bond donors (Lipinski definition) is 2. The average Bonchev–Trinajstić information content (AvgIpc) is 3.23. The second-order valence-corrected chi connectivity index (χ2v) is 7.79. The van der Waals surface area contributed by atoms with Gasteiger partial charge in [0.1, 0.15) is 5.75 Å². The van der Waals surface area contributed by atoms with Gasteiger partial charge in [-0.15, -0.1) is 11.3 Å². The third-order valence-electron chi connectivity index (χ3n) is 4.56. The maximum Gasteiger partial charge on any atom is 0.203 e. The number of hydrogen-bond acceptors (Lipinski definition) is 7. The van der Waals surface area contributed by atoms with E-state index in [2.05, 4.69) is 15.3 Å². The summed E-state index contributed by atoms with van der Waals surface area (Å²) < 4.78 is 39.3. The number of nitrogens with zero attached hydrogens (tertiary/aromatic N) is 2. The van der Waals surface area contributed by atoms with E-state index in [0.717, 1.165) is 22.7 Å². The molecule has 31 heavy (non-hydrogen) atoms. The highest BCUT2D eigenvalue weighted by atomic mass is 32.1. The predicted octanol–water partition coefficient (Wildman–Crippen LogP) is 4.75. The molecular weight excluding hydrogens is 422 g/mol. The highest BCUT2D eigenvalue weighted by Crippen LogP contribution is 2.39. The zero-order valence-electron chi connectivity index (χ0n) is 16.7. The van der Waals surface area contributed by atoms with Crippen molar-refractivity contribution < 1.29 is 18.3 Å². The number of rotatable bonds is 8. The van der Waals surface area contributed by atoms with Crippen LogP contribution in [0.5, 0.6) is 11.5 Å². The number of anilines is 1. The normalized spacial score (nSPS) is 11.2. The average molecular weight is 442 g/mol. The molecule has 0 bridgehead atoms. The van der Waals surface area contributed by atoms with Gasteiger partial charge >= 0.3 is 0 Å². The minimum Gasteiger partial charge on any atom is -0.453 e. The number of pyridine rings is 2. The Morgan fingerprint density at radius 1 is 1.06 bits per heavy atom. The molecule has 0 aliphatic carbocycles. The van der Waals surface area contributed by atoms with Crippen LogP contribution in [0, 0.1) is 11.6 Å². The van der Waals surface area contributed by atoms with Crippen molar-refractivity contribution in [3.8, 4) is 22.1 Å². The van der Waals surface area contributed by atoms with Gasteiger partial charge in [-0.2, -0.15) is 4.39 Å². The van der Waals surface area contributed by atoms with Crippen LogP contribution in [0.25, 0.3) is 20.8 Å². The monoisotopic (exact) mass is 442 g/mol. The molecule has 0 atom stereocenters. The fraction of sp³-hybridized carbons (Fsp3) is 0.182. The highest BCUT2D eigenvalue weighted by Gasteiger charge is 2.16. The molecule has 0 saturated carbocycles. The quantitative estimate of drug-likeness (QED) is 0.303. The third kappa shape index (κ3) is 4.63. The molecule has 0 spiro atoms. The van der Waals surface area contributed by atoms with E-state index in [9.17, 15) is 8.78 Å². The first kappa shape index (κ1) is 21.1. The van der Waals surface area contributed by atoms with Gasteiger partial charge in [-0.05, 0) is 29.8 Å². The van der Waals surface area contributed by atoms with E-state index in [-0.39, 0.29) is 11.4 Å². The minimum atomic E-state index is -1.13. The second kappa shape index (κ2) is 9.34. The lowest BCUT2D eigenvalue weighted by atomic mass is 10.2. The molecule has 4 aromatic rings. The van der Waals surface area contributed by atoms with Crippen molar-refractivity contribution in [3.05, 3.63) is 66.0 Å². The molecule has 0 saturated heterocycles. The molecule has 0 aliphatic rings. The van der Waals surface area contributed by atoms with Crippen molar-refractivity contribution >= 4 is 27.2 Å². The van der Waals surface area contributed by atoms with Crippen LogP contribution in [-0.2, 0) is 11.3 Å². The SMILES string of the molecule is COCCNCc1ccc(-c2cc3nccc(Oc4ccc(N)c(F)c4F)c3s2)nc1. The van der Waals surface area contributed by atoms with Crippen LogP contribution < -0.4 is 15.8 Å². The van der Waals surface area contributed by atoms with Crippen LogP contribution in [-0.4, -0.2) is 30.2 Å². The summed E-state index contributed by atoms with van der Waals surface area (Å²) in [7, 11) is 1.67. The van der Waals surface area contributed by atoms with Crippen LogP contribution in [0.3, 0.4) is 0 Å². The third-order valence-corrected chi connectivity index (χ3v) is 5.72. The van der Waals surface area contributed by atoms with Crippen LogP contribution in [0.2, 0.25) is 0 Å². The van der Waals surface area contributed by atoms with Crippen molar-refractivity contribution in [3.63, 3.8) is 0 Å². The lowest BCUT2D eigenvalue weighted by molar-refractivity contribution is 0.199. The largest absolute Gasteiger partial charge is 0.453 e. The molecule has 9 heteroatoms. The first-order chi connectivity index (χ1) is 15.1. The van der Waals surface area contributed by atoms with Gasteiger partial charge in [0, 0.05) is 38.7 Å². The van der Waals surface area contributed by atoms with Gasteiger partial charge in [-0.25, -0.2) is 4.39 Å². The van der Waals surface area contributed by atoms with Crippen molar-refractivity contribution in [2.45, 2.75) is 6.54 Å². The summed E-state index contributed by atoms with van der Waals surface area (Å²) in [6.45, 7) is 2.12. The van der Waals surface area contributed by atoms with E-state index in [0.29, 0.717) is 29.1 Å². The van der Waals surface area contributed by atoms with Gasteiger partial charge in [-0.3, -0.25) is 9.97 Å². The fourth-order valence-corrected chi connectivity index (χ4v) is 3.99. The van der Waals surface area contributed by atoms with E-state index in [1.807, 2.05) is 24.4 Å². The molecule has 0 fully saturated rings. The summed E-state index contributed by atoms with van der Waals surface area (Å²) >= 11 is 1.42. The zero-order chi connectivity index (χ0) is 21.8. The lowest BCUT2D eigenvalue weighted by Crippen LogP contribution is -2.18. The Kier molecular flexibility index (Phi) is 6.36. The second-order valence-electron chi connectivity index (χ2n) is 6.74. The van der Waals surface area contributed by atoms with Crippen molar-refractivity contribution in [2.75, 3.05) is 26.0 Å². The van der Waals surface area contributed by atoms with Gasteiger partial charge in [0.15, 0.2) is 11.6 Å². The number of thiophene rings is 1. The number of benzene rings is 1. The number of aromatic nitrogens is 2. The Morgan fingerprint density at radius 2 is 1.94 bits per heavy atom. The Labute approximate surface area is 181 Å². The minimum absolute atomic E-state index is 0.238. The maximum absolute atomic E-state index is 14.2. The fourth-order valence-electron chi connectivity index (χ4n) is 2.95. The van der Waals surface area contributed by atoms with E-state index in [1.165, 1.54) is 23.5 Å². The number of methoxy groups -OCH3 is 1. The molecule has 4 rings (SSSR count). The summed E-state index contributed by atoms with van der Waals surface area (Å²) in [5.74, 6) is -2.12. The lowest BCUT2D eigenvalue weighted by Gasteiger charge is -2.08. The number of ether oxygens (including phenoxy) is 2. The Balaban J connectivity index is 1.57. The summed E-state index contributed by atoms with van der Waals surface area (Å²) in [5, 5.41) is 3.27. The van der Waals surface area contributed by atoms with Crippen LogP contribution in [0.1, 0.15) is 5.56 Å². The molecule has 3 heterocycles. The number of halogens is 2. The Morgan fingerprint density at radius 3 is 2.71 bits per heavy atom. The van der Waals surface area contributed by atoms with Crippen LogP contribution >= 0.6 is 11.3 Å². The zero-order valence-corrected chi connectivity index (χ0v) is 17.5. The molecule has 0 aliphatic heterocycles. The standard InChI is InChI=1S/C22H20F2N4O2S/c1-29-9-8-26-11-13-2-4-15(28-12-13)19-10-16-22(31-19)18(6-7-27-16)30-17-5-3-14(25)20(23)21(17)24/h2-7,10,12,26H,8-9,11,25H2,1H3. The first-order valence-corrected chi connectivity index (χ1v) is 10.3. The smallest absolute Gasteiger partial charge is 0.203 e. The molecule has 0 amide bonds. The van der Waals surface area contributed by atoms with E-state index in [1.54, 1.807) is 19.4 Å². The topological polar surface area (TPSA) is 82.3 Å². The number of nitrogens with one attached hydrogen (secondary N) is 1. The Hall–Kier alpha value is -3.14. The van der Waals surface area contributed by atoms with Crippen molar-refractivity contribution in [1.29, 1.82) is 0 Å². The van der Waals surface area contributed by atoms with Gasteiger partial charge in [-0.1, -0.05) is 6.07 Å². The van der Waals surface area contributed by atoms with E-state index >= 15 is 0 Å². The summed E-state index contributed by atoms with van der Waals surface area (Å²) in [6, 6.07) is 10.0. The van der Waals surface area contributed by atoms with Crippen LogP contribution in [0.15, 0.2) is 48.8 Å². The molecule has 0 radical (unpaired) electrons. The molecule has 6 nitrogen and oxygen atoms in total. The van der Waals surface area contributed by atoms with Gasteiger partial charge < -0.3 is 20.5 Å². The molecule has 3 aromatic heterocycles. The predicted molar refractivity (Wildman–Crippen MR) is 117 cm³/mol. The Bertz CT molecular complexity index is 1200. The first-order valence-electron chi connectivity index (χ1n) is 9.51. The summed E-state index contributed by atoms with van der Waals surface area (Å²) in [5.41, 5.74) is 7.66. The molecule has 160 valence electrons. The molecular formula is C22H20F2N4O2S. The summed E-state index contributed by atoms with van der Waals surface area (Å²) in [6.07, 6.45) is 3.37. The molecule has 1 aromatic carbocycles. The van der Waals surface area contributed by atoms with Crippen LogP contribution in [0.4, 0.5) is 14.5 Å². The maximum atomic E-state index is 14.2. The van der Waals surface area contributed by atoms with Gasteiger partial charge in [0.25, 0.3) is 0 Å². The summed E-state index contributed by atoms with van der Waals surface area (Å²) in [4.78, 5) is 9.78.